The molecule has 58 heavy (non-hydrogen) atoms. The average Bonchev–Trinajstić information content (AvgIpc) is 3.16. The summed E-state index contributed by atoms with van der Waals surface area (Å²) in [6.07, 6.45) is -6.60. The molecule has 1 saturated carbocycles. The van der Waals surface area contributed by atoms with E-state index in [4.69, 9.17) is 38.0 Å². The van der Waals surface area contributed by atoms with Crippen molar-refractivity contribution in [3.05, 3.63) is 0 Å². The number of methoxy groups -OCH3 is 3. The molecule has 3 fully saturated rings. The zero-order chi connectivity index (χ0) is 44.3. The largest absolute Gasteiger partial charge is 0.389 e. The van der Waals surface area contributed by atoms with Crippen molar-refractivity contribution in [1.82, 2.24) is 4.90 Å². The Morgan fingerprint density at radius 2 is 1.48 bits per heavy atom. The van der Waals surface area contributed by atoms with Crippen LogP contribution >= 0.6 is 0 Å². The Balaban J connectivity index is 2.32. The maximum absolute atomic E-state index is 14.7. The molecule has 15 nitrogen and oxygen atoms in total. The van der Waals surface area contributed by atoms with Gasteiger partial charge in [0, 0.05) is 77.7 Å². The fourth-order valence-electron chi connectivity index (χ4n) is 9.40. The summed E-state index contributed by atoms with van der Waals surface area (Å²) >= 11 is 0. The van der Waals surface area contributed by atoms with E-state index in [1.54, 1.807) is 55.6 Å². The minimum absolute atomic E-state index is 0.0633. The van der Waals surface area contributed by atoms with Crippen molar-refractivity contribution < 1.29 is 63.2 Å². The van der Waals surface area contributed by atoms with Crippen LogP contribution in [-0.2, 0) is 42.8 Å². The monoisotopic (exact) mass is 833 g/mol. The van der Waals surface area contributed by atoms with Crippen molar-refractivity contribution in [2.75, 3.05) is 35.4 Å². The summed E-state index contributed by atoms with van der Waals surface area (Å²) in [4.78, 5) is 22.5. The lowest BCUT2D eigenvalue weighted by Gasteiger charge is -2.50. The maximum atomic E-state index is 14.7. The number of ether oxygens (including phenoxy) is 7. The van der Waals surface area contributed by atoms with Gasteiger partial charge in [0.1, 0.15) is 18.0 Å². The summed E-state index contributed by atoms with van der Waals surface area (Å²) in [5.74, 6) is -4.54. The number of aliphatic hydroxyl groups excluding tert-OH is 3. The predicted molar refractivity (Wildman–Crippen MR) is 219 cm³/mol. The van der Waals surface area contributed by atoms with E-state index in [2.05, 4.69) is 5.16 Å². The average molecular weight is 833 g/mol. The molecule has 4 N–H and O–H groups in total. The highest BCUT2D eigenvalue weighted by molar-refractivity contribution is 5.89. The molecule has 18 atom stereocenters. The topological polar surface area (TPSA) is 187 Å². The molecular formula is C43H80N2O13. The highest BCUT2D eigenvalue weighted by atomic mass is 16.8. The number of aliphatic hydroxyl groups is 4. The molecule has 1 aliphatic carbocycles. The molecule has 2 aliphatic heterocycles. The molecule has 0 aromatic rings. The number of ketones is 1. The Morgan fingerprint density at radius 3 is 2.02 bits per heavy atom. The Hall–Kier alpha value is -1.34. The molecule has 2 heterocycles. The van der Waals surface area contributed by atoms with Crippen LogP contribution in [0.15, 0.2) is 5.16 Å². The fraction of sp³-hybridized carbons (Fsp3) is 0.953. The smallest absolute Gasteiger partial charge is 0.230 e. The molecule has 0 aromatic heterocycles. The van der Waals surface area contributed by atoms with Crippen LogP contribution in [0.5, 0.6) is 0 Å². The van der Waals surface area contributed by atoms with E-state index in [0.717, 1.165) is 0 Å². The van der Waals surface area contributed by atoms with Crippen molar-refractivity contribution in [2.24, 2.45) is 34.7 Å². The molecule has 0 spiro atoms. The zero-order valence-electron chi connectivity index (χ0n) is 38.6. The van der Waals surface area contributed by atoms with Crippen molar-refractivity contribution in [2.45, 2.75) is 199 Å². The minimum Gasteiger partial charge on any atom is -0.389 e. The van der Waals surface area contributed by atoms with E-state index in [0.29, 0.717) is 18.6 Å². The van der Waals surface area contributed by atoms with Gasteiger partial charge < -0.3 is 63.3 Å². The molecule has 3 rings (SSSR count). The quantitative estimate of drug-likeness (QED) is 0.171. The van der Waals surface area contributed by atoms with Crippen molar-refractivity contribution >= 4 is 11.5 Å². The number of rotatable bonds is 11. The van der Waals surface area contributed by atoms with Crippen LogP contribution in [0, 0.1) is 29.6 Å². The SMILES string of the molecule is CC[C@H]1CC(=O)[C@H](C)[C@@H](O[C@H]2C[C@@](C)(OC)[C@@H](O)[C@H](C)O2)[C@H](C)[C@@H](O[C@@H]2O[C@H](C)C[C@H](N(C)C)[C@H]2O)[C@](C)(OC)C[C@@H](C)/C(=N\OC(C)(C)OC)[C@H](C)[C@@H](O)[C@]1(C)O. The third kappa shape index (κ3) is 11.4. The molecular weight excluding hydrogens is 752 g/mol. The minimum atomic E-state index is -1.71. The molecule has 0 amide bonds. The Kier molecular flexibility index (Phi) is 17.8. The fourth-order valence-corrected chi connectivity index (χ4v) is 9.40. The summed E-state index contributed by atoms with van der Waals surface area (Å²) in [6, 6.07) is -0.265. The van der Waals surface area contributed by atoms with E-state index < -0.39 is 101 Å². The second-order valence-corrected chi connectivity index (χ2v) is 18.9. The second kappa shape index (κ2) is 20.2. The highest BCUT2D eigenvalue weighted by Gasteiger charge is 2.53. The molecule has 2 saturated heterocycles. The molecule has 3 aliphatic rings. The van der Waals surface area contributed by atoms with Crippen LogP contribution in [0.4, 0.5) is 0 Å². The number of hydrogen-bond donors (Lipinski definition) is 4. The van der Waals surface area contributed by atoms with Gasteiger partial charge in [-0.05, 0) is 67.5 Å². The van der Waals surface area contributed by atoms with Crippen LogP contribution in [-0.4, -0.2) is 156 Å². The number of carbonyl (C=O) groups excluding carboxylic acids is 1. The van der Waals surface area contributed by atoms with Gasteiger partial charge in [-0.1, -0.05) is 46.2 Å². The second-order valence-electron chi connectivity index (χ2n) is 18.9. The van der Waals surface area contributed by atoms with Gasteiger partial charge >= 0.3 is 0 Å². The normalized spacial score (nSPS) is 46.3. The molecule has 340 valence electrons. The highest BCUT2D eigenvalue weighted by Crippen LogP contribution is 2.43. The summed E-state index contributed by atoms with van der Waals surface area (Å²) < 4.78 is 44.3. The first-order valence-corrected chi connectivity index (χ1v) is 21.2. The number of hydrogen-bond acceptors (Lipinski definition) is 15. The van der Waals surface area contributed by atoms with Crippen molar-refractivity contribution in [3.63, 3.8) is 0 Å². The van der Waals surface area contributed by atoms with E-state index in [1.165, 1.54) is 14.2 Å². The summed E-state index contributed by atoms with van der Waals surface area (Å²) in [5, 5.41) is 51.6. The molecule has 0 bridgehead atoms. The Bertz CT molecular complexity index is 1350. The standard InChI is InChI=1S/C43H80N2O13/c1-18-29-20-31(46)25(4)35(56-32-22-41(10,52-16)37(49)28(7)55-32)27(6)38(57-39-34(47)30(45(13)14)19-24(3)54-39)42(11,53-17)21-23(2)33(44-58-40(8,9)51-15)26(5)36(48)43(29,12)50/h23-30,32,34-39,47-50H,18-22H2,1-17H3/b44-33+/t23-,24-,25+,26+,27+,28+,29+,30+,32+,34-,35-,36-,37+,38-,39+,41-,42-,43-/m1/s1. The van der Waals surface area contributed by atoms with Crippen molar-refractivity contribution in [1.29, 1.82) is 0 Å². The number of oxime groups is 1. The first-order chi connectivity index (χ1) is 26.7. The first kappa shape index (κ1) is 51.0. The van der Waals surface area contributed by atoms with Crippen molar-refractivity contribution in [3.8, 4) is 0 Å². The Labute approximate surface area is 348 Å². The Morgan fingerprint density at radius 1 is 0.879 bits per heavy atom. The van der Waals surface area contributed by atoms with Gasteiger partial charge in [-0.2, -0.15) is 0 Å². The van der Waals surface area contributed by atoms with Crippen LogP contribution in [0.25, 0.3) is 0 Å². The lowest BCUT2D eigenvalue weighted by molar-refractivity contribution is -0.318. The zero-order valence-corrected chi connectivity index (χ0v) is 38.6. The number of likely N-dealkylation sites (N-methyl/N-ethyl adjacent to an activating group) is 1. The van der Waals surface area contributed by atoms with Crippen LogP contribution in [0.1, 0.15) is 115 Å². The summed E-state index contributed by atoms with van der Waals surface area (Å²) in [6.45, 7) is 21.8. The molecule has 0 aromatic carbocycles. The van der Waals surface area contributed by atoms with E-state index in [9.17, 15) is 25.2 Å². The van der Waals surface area contributed by atoms with Crippen LogP contribution < -0.4 is 0 Å². The van der Waals surface area contributed by atoms with E-state index in [-0.39, 0.29) is 37.2 Å². The molecule has 15 heteroatoms. The van der Waals surface area contributed by atoms with Gasteiger partial charge in [0.15, 0.2) is 12.6 Å². The third-order valence-corrected chi connectivity index (χ3v) is 13.8. The predicted octanol–water partition coefficient (Wildman–Crippen LogP) is 4.29. The summed E-state index contributed by atoms with van der Waals surface area (Å²) in [7, 11) is 8.44. The van der Waals surface area contributed by atoms with Crippen LogP contribution in [0.3, 0.4) is 0 Å². The number of carbonyl (C=O) groups is 1. The van der Waals surface area contributed by atoms with Gasteiger partial charge in [-0.3, -0.25) is 4.79 Å². The van der Waals surface area contributed by atoms with Gasteiger partial charge in [0.25, 0.3) is 0 Å². The van der Waals surface area contributed by atoms with Gasteiger partial charge in [-0.15, -0.1) is 0 Å². The number of Topliss-reactive ketones (excluding diaryl/α,β-unsaturated/α-hetero) is 1. The van der Waals surface area contributed by atoms with Gasteiger partial charge in [-0.25, -0.2) is 0 Å². The maximum Gasteiger partial charge on any atom is 0.230 e. The third-order valence-electron chi connectivity index (χ3n) is 13.8. The lowest BCUT2D eigenvalue weighted by Crippen LogP contribution is -2.61. The van der Waals surface area contributed by atoms with E-state index in [1.807, 2.05) is 53.6 Å². The van der Waals surface area contributed by atoms with E-state index >= 15 is 0 Å². The lowest BCUT2D eigenvalue weighted by atomic mass is 9.69. The van der Waals surface area contributed by atoms with Crippen LogP contribution in [0.2, 0.25) is 0 Å². The summed E-state index contributed by atoms with van der Waals surface area (Å²) in [5.41, 5.74) is -3.45. The van der Waals surface area contributed by atoms with Gasteiger partial charge in [0.05, 0.1) is 53.0 Å². The number of nitrogens with zero attached hydrogens (tertiary/aromatic N) is 2. The molecule has 0 unspecified atom stereocenters. The first-order valence-electron chi connectivity index (χ1n) is 21.2. The van der Waals surface area contributed by atoms with Gasteiger partial charge in [0.2, 0.25) is 5.79 Å². The molecule has 0 radical (unpaired) electrons.